The molecule has 0 N–H and O–H groups in total. The molecule has 0 unspecified atom stereocenters. The summed E-state index contributed by atoms with van der Waals surface area (Å²) >= 11 is 5.71. The van der Waals surface area contributed by atoms with Gasteiger partial charge in [-0.3, -0.25) is 4.79 Å². The van der Waals surface area contributed by atoms with Crippen LogP contribution in [0.4, 0.5) is 0 Å². The van der Waals surface area contributed by atoms with Crippen LogP contribution in [-0.2, 0) is 12.8 Å². The number of aryl methyl sites for hydroxylation is 2. The van der Waals surface area contributed by atoms with Crippen LogP contribution in [-0.4, -0.2) is 29.8 Å². The minimum Gasteiger partial charge on any atom is -0.338 e. The molecule has 0 spiro atoms. The Hall–Kier alpha value is -1.02. The molecule has 0 atom stereocenters. The van der Waals surface area contributed by atoms with E-state index in [1.165, 1.54) is 17.5 Å². The number of carbonyl (C=O) groups is 1. The molecule has 17 heavy (non-hydrogen) atoms. The van der Waals surface area contributed by atoms with E-state index < -0.39 is 0 Å². The first-order chi connectivity index (χ1) is 8.26. The molecule has 0 aromatic heterocycles. The third kappa shape index (κ3) is 2.63. The van der Waals surface area contributed by atoms with E-state index in [0.29, 0.717) is 19.0 Å². The van der Waals surface area contributed by atoms with Crippen molar-refractivity contribution in [3.8, 4) is 0 Å². The van der Waals surface area contributed by atoms with Crippen LogP contribution in [0.15, 0.2) is 18.2 Å². The van der Waals surface area contributed by atoms with Crippen molar-refractivity contribution in [2.45, 2.75) is 26.2 Å². The zero-order chi connectivity index (χ0) is 12.3. The minimum absolute atomic E-state index is 0.0999. The van der Waals surface area contributed by atoms with Gasteiger partial charge in [0.15, 0.2) is 0 Å². The number of fused-ring (bicyclic) bond motifs is 1. The monoisotopic (exact) mass is 251 g/mol. The largest absolute Gasteiger partial charge is 0.338 e. The van der Waals surface area contributed by atoms with E-state index in [-0.39, 0.29) is 5.91 Å². The van der Waals surface area contributed by atoms with E-state index in [1.54, 1.807) is 4.90 Å². The number of nitrogens with zero attached hydrogens (tertiary/aromatic N) is 1. The summed E-state index contributed by atoms with van der Waals surface area (Å²) in [7, 11) is 0. The summed E-state index contributed by atoms with van der Waals surface area (Å²) < 4.78 is 0. The predicted octanol–water partition coefficient (Wildman–Crippen LogP) is 2.88. The maximum absolute atomic E-state index is 12.2. The molecule has 1 aliphatic rings. The highest BCUT2D eigenvalue weighted by Crippen LogP contribution is 2.23. The lowest BCUT2D eigenvalue weighted by molar-refractivity contribution is 0.0774. The highest BCUT2D eigenvalue weighted by Gasteiger charge is 2.17. The topological polar surface area (TPSA) is 20.3 Å². The molecule has 3 heteroatoms. The fourth-order valence-corrected chi connectivity index (χ4v) is 2.60. The first-order valence-electron chi connectivity index (χ1n) is 6.23. The van der Waals surface area contributed by atoms with Crippen LogP contribution >= 0.6 is 11.6 Å². The molecule has 0 heterocycles. The van der Waals surface area contributed by atoms with Gasteiger partial charge in [-0.05, 0) is 49.4 Å². The van der Waals surface area contributed by atoms with Crippen LogP contribution < -0.4 is 0 Å². The van der Waals surface area contributed by atoms with Crippen molar-refractivity contribution in [1.82, 2.24) is 4.90 Å². The van der Waals surface area contributed by atoms with Crippen LogP contribution in [0.1, 0.15) is 34.8 Å². The molecule has 0 bridgehead atoms. The molecule has 0 fully saturated rings. The molecule has 0 radical (unpaired) electrons. The normalized spacial score (nSPS) is 13.5. The van der Waals surface area contributed by atoms with Crippen molar-refractivity contribution in [2.24, 2.45) is 0 Å². The zero-order valence-electron chi connectivity index (χ0n) is 10.2. The fraction of sp³-hybridized carbons (Fsp3) is 0.500. The average molecular weight is 252 g/mol. The number of rotatable bonds is 4. The van der Waals surface area contributed by atoms with Gasteiger partial charge in [0.1, 0.15) is 0 Å². The summed E-state index contributed by atoms with van der Waals surface area (Å²) in [5.74, 6) is 0.590. The first-order valence-corrected chi connectivity index (χ1v) is 6.76. The maximum Gasteiger partial charge on any atom is 0.253 e. The number of halogens is 1. The summed E-state index contributed by atoms with van der Waals surface area (Å²) in [6, 6.07) is 6.11. The van der Waals surface area contributed by atoms with Crippen LogP contribution in [0.2, 0.25) is 0 Å². The van der Waals surface area contributed by atoms with Gasteiger partial charge in [0, 0.05) is 24.5 Å². The summed E-state index contributed by atoms with van der Waals surface area (Å²) in [5.41, 5.74) is 3.55. The van der Waals surface area contributed by atoms with E-state index >= 15 is 0 Å². The second-order valence-electron chi connectivity index (χ2n) is 4.41. The molecule has 2 rings (SSSR count). The Morgan fingerprint density at radius 2 is 2.12 bits per heavy atom. The van der Waals surface area contributed by atoms with Gasteiger partial charge in [-0.2, -0.15) is 0 Å². The SMILES string of the molecule is CCN(CCCl)C(=O)c1ccc2c(c1)CCC2. The van der Waals surface area contributed by atoms with E-state index in [1.807, 2.05) is 13.0 Å². The summed E-state index contributed by atoms with van der Waals surface area (Å²) in [6.45, 7) is 3.31. The van der Waals surface area contributed by atoms with Gasteiger partial charge >= 0.3 is 0 Å². The number of carbonyl (C=O) groups excluding carboxylic acids is 1. The fourth-order valence-electron chi connectivity index (χ4n) is 2.39. The van der Waals surface area contributed by atoms with E-state index in [2.05, 4.69) is 12.1 Å². The molecule has 92 valence electrons. The maximum atomic E-state index is 12.2. The first kappa shape index (κ1) is 12.4. The van der Waals surface area contributed by atoms with Crippen molar-refractivity contribution in [3.05, 3.63) is 34.9 Å². The molecule has 0 saturated carbocycles. The average Bonchev–Trinajstić information content (AvgIpc) is 2.82. The molecule has 0 aliphatic heterocycles. The van der Waals surface area contributed by atoms with Crippen LogP contribution in [0.5, 0.6) is 0 Å². The lowest BCUT2D eigenvalue weighted by Crippen LogP contribution is -2.32. The molecule has 0 saturated heterocycles. The lowest BCUT2D eigenvalue weighted by atomic mass is 10.1. The Labute approximate surface area is 108 Å². The quantitative estimate of drug-likeness (QED) is 0.754. The van der Waals surface area contributed by atoms with Crippen molar-refractivity contribution >= 4 is 17.5 Å². The highest BCUT2D eigenvalue weighted by atomic mass is 35.5. The van der Waals surface area contributed by atoms with Crippen molar-refractivity contribution < 1.29 is 4.79 Å². The molecular formula is C14H18ClNO. The van der Waals surface area contributed by atoms with Gasteiger partial charge in [-0.1, -0.05) is 6.07 Å². The standard InChI is InChI=1S/C14H18ClNO/c1-2-16(9-8-15)14(17)13-7-6-11-4-3-5-12(11)10-13/h6-7,10H,2-5,8-9H2,1H3. The Morgan fingerprint density at radius 3 is 2.82 bits per heavy atom. The third-order valence-electron chi connectivity index (χ3n) is 3.37. The summed E-state index contributed by atoms with van der Waals surface area (Å²) in [4.78, 5) is 14.0. The van der Waals surface area contributed by atoms with Gasteiger partial charge in [-0.15, -0.1) is 11.6 Å². The second-order valence-corrected chi connectivity index (χ2v) is 4.79. The van der Waals surface area contributed by atoms with Crippen molar-refractivity contribution in [2.75, 3.05) is 19.0 Å². The number of benzene rings is 1. The Bertz CT molecular complexity index is 417. The Balaban J connectivity index is 2.19. The van der Waals surface area contributed by atoms with Crippen LogP contribution in [0.25, 0.3) is 0 Å². The van der Waals surface area contributed by atoms with Gasteiger partial charge in [0.05, 0.1) is 0 Å². The Morgan fingerprint density at radius 1 is 1.35 bits per heavy atom. The van der Waals surface area contributed by atoms with Crippen LogP contribution in [0.3, 0.4) is 0 Å². The van der Waals surface area contributed by atoms with Crippen molar-refractivity contribution in [1.29, 1.82) is 0 Å². The molecule has 1 aromatic carbocycles. The second kappa shape index (κ2) is 5.54. The van der Waals surface area contributed by atoms with Crippen LogP contribution in [0, 0.1) is 0 Å². The van der Waals surface area contributed by atoms with E-state index in [9.17, 15) is 4.79 Å². The number of alkyl halides is 1. The van der Waals surface area contributed by atoms with Gasteiger partial charge in [0.25, 0.3) is 5.91 Å². The third-order valence-corrected chi connectivity index (χ3v) is 3.54. The van der Waals surface area contributed by atoms with Crippen molar-refractivity contribution in [3.63, 3.8) is 0 Å². The molecule has 1 amide bonds. The van der Waals surface area contributed by atoms with Gasteiger partial charge in [0.2, 0.25) is 0 Å². The molecule has 1 aliphatic carbocycles. The predicted molar refractivity (Wildman–Crippen MR) is 70.8 cm³/mol. The summed E-state index contributed by atoms with van der Waals surface area (Å²) in [5, 5.41) is 0. The highest BCUT2D eigenvalue weighted by molar-refractivity contribution is 6.18. The number of hydrogen-bond donors (Lipinski definition) is 0. The molecule has 2 nitrogen and oxygen atoms in total. The minimum atomic E-state index is 0.0999. The number of amides is 1. The lowest BCUT2D eigenvalue weighted by Gasteiger charge is -2.20. The summed E-state index contributed by atoms with van der Waals surface area (Å²) in [6.07, 6.45) is 3.48. The van der Waals surface area contributed by atoms with Gasteiger partial charge < -0.3 is 4.90 Å². The van der Waals surface area contributed by atoms with Gasteiger partial charge in [-0.25, -0.2) is 0 Å². The number of hydrogen-bond acceptors (Lipinski definition) is 1. The Kier molecular flexibility index (Phi) is 4.06. The van der Waals surface area contributed by atoms with E-state index in [4.69, 9.17) is 11.6 Å². The van der Waals surface area contributed by atoms with E-state index in [0.717, 1.165) is 18.4 Å². The zero-order valence-corrected chi connectivity index (χ0v) is 11.0. The molecular weight excluding hydrogens is 234 g/mol. The molecule has 1 aromatic rings. The smallest absolute Gasteiger partial charge is 0.253 e.